The van der Waals surface area contributed by atoms with E-state index in [9.17, 15) is 9.18 Å². The molecule has 2 aromatic carbocycles. The Morgan fingerprint density at radius 2 is 2.04 bits per heavy atom. The standard InChI is InChI=1S/C17H14FN3O2/c1-11-19-16(23-21-11)10-12-5-2-3-8-15(12)20-17(22)13-6-4-7-14(18)9-13/h2-9H,10H2,1H3,(H,20,22). The SMILES string of the molecule is Cc1noc(Cc2ccccc2NC(=O)c2cccc(F)c2)n1. The number of benzene rings is 2. The van der Waals surface area contributed by atoms with Crippen LogP contribution < -0.4 is 5.32 Å². The first-order chi connectivity index (χ1) is 11.1. The lowest BCUT2D eigenvalue weighted by Crippen LogP contribution is -2.13. The Hall–Kier alpha value is -3.02. The molecule has 0 aliphatic heterocycles. The zero-order valence-corrected chi connectivity index (χ0v) is 12.4. The smallest absolute Gasteiger partial charge is 0.255 e. The molecule has 0 saturated heterocycles. The highest BCUT2D eigenvalue weighted by atomic mass is 19.1. The van der Waals surface area contributed by atoms with Gasteiger partial charge in [-0.25, -0.2) is 4.39 Å². The van der Waals surface area contributed by atoms with E-state index < -0.39 is 5.82 Å². The van der Waals surface area contributed by atoms with Gasteiger partial charge in [0.15, 0.2) is 5.82 Å². The molecular formula is C17H14FN3O2. The van der Waals surface area contributed by atoms with E-state index >= 15 is 0 Å². The third-order valence-corrected chi connectivity index (χ3v) is 3.26. The van der Waals surface area contributed by atoms with Crippen molar-refractivity contribution in [3.63, 3.8) is 0 Å². The van der Waals surface area contributed by atoms with Crippen LogP contribution in [0.15, 0.2) is 53.1 Å². The second-order valence-corrected chi connectivity index (χ2v) is 5.03. The van der Waals surface area contributed by atoms with Gasteiger partial charge in [-0.3, -0.25) is 4.79 Å². The summed E-state index contributed by atoms with van der Waals surface area (Å²) >= 11 is 0. The van der Waals surface area contributed by atoms with Gasteiger partial charge in [-0.2, -0.15) is 4.98 Å². The van der Waals surface area contributed by atoms with Crippen LogP contribution >= 0.6 is 0 Å². The van der Waals surface area contributed by atoms with Gasteiger partial charge in [0.25, 0.3) is 5.91 Å². The number of para-hydroxylation sites is 1. The molecule has 0 spiro atoms. The highest BCUT2D eigenvalue weighted by Crippen LogP contribution is 2.19. The average molecular weight is 311 g/mol. The van der Waals surface area contributed by atoms with Gasteiger partial charge >= 0.3 is 0 Å². The Bertz CT molecular complexity index is 845. The maximum atomic E-state index is 13.2. The van der Waals surface area contributed by atoms with E-state index in [-0.39, 0.29) is 11.5 Å². The van der Waals surface area contributed by atoms with Crippen LogP contribution in [-0.4, -0.2) is 16.0 Å². The predicted octanol–water partition coefficient (Wildman–Crippen LogP) is 3.36. The van der Waals surface area contributed by atoms with Crippen molar-refractivity contribution in [2.75, 3.05) is 5.32 Å². The Balaban J connectivity index is 1.81. The number of anilines is 1. The lowest BCUT2D eigenvalue weighted by molar-refractivity contribution is 0.102. The molecule has 0 radical (unpaired) electrons. The molecule has 1 aromatic heterocycles. The van der Waals surface area contributed by atoms with Gasteiger partial charge in [-0.05, 0) is 36.8 Å². The van der Waals surface area contributed by atoms with Crippen LogP contribution in [-0.2, 0) is 6.42 Å². The molecule has 116 valence electrons. The third-order valence-electron chi connectivity index (χ3n) is 3.26. The first kappa shape index (κ1) is 14.9. The molecule has 6 heteroatoms. The van der Waals surface area contributed by atoms with Crippen LogP contribution in [0, 0.1) is 12.7 Å². The topological polar surface area (TPSA) is 68.0 Å². The van der Waals surface area contributed by atoms with Crippen LogP contribution in [0.3, 0.4) is 0 Å². The summed E-state index contributed by atoms with van der Waals surface area (Å²) in [4.78, 5) is 16.4. The quantitative estimate of drug-likeness (QED) is 0.802. The van der Waals surface area contributed by atoms with E-state index in [4.69, 9.17) is 4.52 Å². The molecule has 0 bridgehead atoms. The van der Waals surface area contributed by atoms with Crippen molar-refractivity contribution in [3.8, 4) is 0 Å². The molecule has 3 rings (SSSR count). The molecule has 1 amide bonds. The molecule has 0 fully saturated rings. The van der Waals surface area contributed by atoms with Gasteiger partial charge < -0.3 is 9.84 Å². The van der Waals surface area contributed by atoms with Crippen molar-refractivity contribution < 1.29 is 13.7 Å². The van der Waals surface area contributed by atoms with Crippen LogP contribution in [0.2, 0.25) is 0 Å². The molecule has 0 atom stereocenters. The monoisotopic (exact) mass is 311 g/mol. The summed E-state index contributed by atoms with van der Waals surface area (Å²) in [6.07, 6.45) is 0.403. The van der Waals surface area contributed by atoms with Crippen molar-refractivity contribution in [1.82, 2.24) is 10.1 Å². The summed E-state index contributed by atoms with van der Waals surface area (Å²) in [6, 6.07) is 12.8. The maximum absolute atomic E-state index is 13.2. The number of aromatic nitrogens is 2. The van der Waals surface area contributed by atoms with E-state index in [0.717, 1.165) is 5.56 Å². The fraction of sp³-hybridized carbons (Fsp3) is 0.118. The first-order valence-corrected chi connectivity index (χ1v) is 7.06. The number of nitrogens with zero attached hydrogens (tertiary/aromatic N) is 2. The lowest BCUT2D eigenvalue weighted by Gasteiger charge is -2.10. The summed E-state index contributed by atoms with van der Waals surface area (Å²) in [5.74, 6) is 0.196. The van der Waals surface area contributed by atoms with Crippen LogP contribution in [0.5, 0.6) is 0 Å². The molecule has 0 saturated carbocycles. The molecule has 23 heavy (non-hydrogen) atoms. The van der Waals surface area contributed by atoms with Crippen molar-refractivity contribution >= 4 is 11.6 Å². The van der Waals surface area contributed by atoms with Gasteiger partial charge in [0, 0.05) is 11.3 Å². The average Bonchev–Trinajstić information content (AvgIpc) is 2.94. The summed E-state index contributed by atoms with van der Waals surface area (Å²) < 4.78 is 18.3. The minimum Gasteiger partial charge on any atom is -0.339 e. The number of carbonyl (C=O) groups excluding carboxylic acids is 1. The summed E-state index contributed by atoms with van der Waals surface area (Å²) in [5, 5.41) is 6.53. The molecule has 5 nitrogen and oxygen atoms in total. The number of amides is 1. The number of aryl methyl sites for hydroxylation is 1. The molecule has 3 aromatic rings. The fourth-order valence-corrected chi connectivity index (χ4v) is 2.20. The van der Waals surface area contributed by atoms with Crippen molar-refractivity contribution in [2.45, 2.75) is 13.3 Å². The third kappa shape index (κ3) is 3.60. The second kappa shape index (κ2) is 6.39. The van der Waals surface area contributed by atoms with Gasteiger partial charge in [0.05, 0.1) is 6.42 Å². The van der Waals surface area contributed by atoms with Gasteiger partial charge in [-0.15, -0.1) is 0 Å². The van der Waals surface area contributed by atoms with Crippen LogP contribution in [0.25, 0.3) is 0 Å². The summed E-state index contributed by atoms with van der Waals surface area (Å²) in [6.45, 7) is 1.74. The van der Waals surface area contributed by atoms with Crippen molar-refractivity contribution in [2.24, 2.45) is 0 Å². The normalized spacial score (nSPS) is 10.5. The second-order valence-electron chi connectivity index (χ2n) is 5.03. The van der Waals surface area contributed by atoms with Gasteiger partial charge in [0.2, 0.25) is 5.89 Å². The van der Waals surface area contributed by atoms with Crippen molar-refractivity contribution in [3.05, 3.63) is 77.2 Å². The summed E-state index contributed by atoms with van der Waals surface area (Å²) in [7, 11) is 0. The molecule has 1 N–H and O–H groups in total. The summed E-state index contributed by atoms with van der Waals surface area (Å²) in [5.41, 5.74) is 1.71. The zero-order chi connectivity index (χ0) is 16.2. The van der Waals surface area contributed by atoms with Crippen LogP contribution in [0.1, 0.15) is 27.6 Å². The number of hydrogen-bond acceptors (Lipinski definition) is 4. The number of rotatable bonds is 4. The number of nitrogens with one attached hydrogen (secondary N) is 1. The van der Waals surface area contributed by atoms with E-state index in [0.29, 0.717) is 23.8 Å². The minimum atomic E-state index is -0.452. The first-order valence-electron chi connectivity index (χ1n) is 7.06. The highest BCUT2D eigenvalue weighted by Gasteiger charge is 2.12. The van der Waals surface area contributed by atoms with Crippen molar-refractivity contribution in [1.29, 1.82) is 0 Å². The van der Waals surface area contributed by atoms with E-state index in [2.05, 4.69) is 15.5 Å². The predicted molar refractivity (Wildman–Crippen MR) is 82.6 cm³/mol. The van der Waals surface area contributed by atoms with E-state index in [1.807, 2.05) is 18.2 Å². The number of halogens is 1. The van der Waals surface area contributed by atoms with E-state index in [1.165, 1.54) is 18.2 Å². The Morgan fingerprint density at radius 1 is 1.22 bits per heavy atom. The van der Waals surface area contributed by atoms with Gasteiger partial charge in [0.1, 0.15) is 5.82 Å². The Labute approximate surface area is 132 Å². The maximum Gasteiger partial charge on any atom is 0.255 e. The molecule has 1 heterocycles. The van der Waals surface area contributed by atoms with Gasteiger partial charge in [-0.1, -0.05) is 29.4 Å². The Morgan fingerprint density at radius 3 is 2.78 bits per heavy atom. The van der Waals surface area contributed by atoms with Crippen LogP contribution in [0.4, 0.5) is 10.1 Å². The number of carbonyl (C=O) groups is 1. The Kier molecular flexibility index (Phi) is 4.14. The lowest BCUT2D eigenvalue weighted by atomic mass is 10.1. The molecule has 0 aliphatic rings. The largest absolute Gasteiger partial charge is 0.339 e. The fourth-order valence-electron chi connectivity index (χ4n) is 2.20. The molecule has 0 aliphatic carbocycles. The molecule has 0 unspecified atom stereocenters. The van der Waals surface area contributed by atoms with E-state index in [1.54, 1.807) is 19.1 Å². The molecular weight excluding hydrogens is 297 g/mol. The number of hydrogen-bond donors (Lipinski definition) is 1. The highest BCUT2D eigenvalue weighted by molar-refractivity contribution is 6.04. The minimum absolute atomic E-state index is 0.258. The zero-order valence-electron chi connectivity index (χ0n) is 12.4.